The zero-order valence-electron chi connectivity index (χ0n) is 9.80. The number of nitro groups is 1. The molecule has 0 aliphatic heterocycles. The number of carbonyl (C=O) groups excluding carboxylic acids is 1. The minimum absolute atomic E-state index is 0.165. The first-order chi connectivity index (χ1) is 9.15. The molecule has 1 heterocycles. The standard InChI is InChI=1S/C9H7F3N2O6/c1-2-19-8(16)4-3-5(15)6(14(17)18)13-7(4)20-9(10,11)12/h3,15H,2H2,1H3. The summed E-state index contributed by atoms with van der Waals surface area (Å²) in [5, 5.41) is 19.7. The molecule has 0 aliphatic rings. The Morgan fingerprint density at radius 2 is 2.15 bits per heavy atom. The van der Waals surface area contributed by atoms with E-state index in [-0.39, 0.29) is 6.61 Å². The maximum atomic E-state index is 12.2. The summed E-state index contributed by atoms with van der Waals surface area (Å²) in [6.45, 7) is 1.23. The Morgan fingerprint density at radius 1 is 1.55 bits per heavy atom. The van der Waals surface area contributed by atoms with Gasteiger partial charge in [-0.2, -0.15) is 0 Å². The van der Waals surface area contributed by atoms with Crippen LogP contribution in [-0.4, -0.2) is 34.0 Å². The van der Waals surface area contributed by atoms with Crippen molar-refractivity contribution in [3.8, 4) is 11.6 Å². The normalized spacial score (nSPS) is 11.0. The topological polar surface area (TPSA) is 112 Å². The van der Waals surface area contributed by atoms with Gasteiger partial charge in [-0.05, 0) is 11.8 Å². The monoisotopic (exact) mass is 296 g/mol. The van der Waals surface area contributed by atoms with Gasteiger partial charge in [-0.15, -0.1) is 13.2 Å². The highest BCUT2D eigenvalue weighted by Crippen LogP contribution is 2.33. The number of aromatic nitrogens is 1. The van der Waals surface area contributed by atoms with Crippen molar-refractivity contribution in [3.05, 3.63) is 21.7 Å². The molecule has 8 nitrogen and oxygen atoms in total. The van der Waals surface area contributed by atoms with E-state index >= 15 is 0 Å². The molecule has 0 aromatic carbocycles. The van der Waals surface area contributed by atoms with E-state index in [1.165, 1.54) is 6.92 Å². The molecule has 0 saturated carbocycles. The van der Waals surface area contributed by atoms with Crippen LogP contribution in [0.1, 0.15) is 17.3 Å². The molecule has 1 aromatic heterocycles. The van der Waals surface area contributed by atoms with E-state index in [1.54, 1.807) is 0 Å². The lowest BCUT2D eigenvalue weighted by Crippen LogP contribution is -2.21. The van der Waals surface area contributed by atoms with Crippen molar-refractivity contribution >= 4 is 11.8 Å². The van der Waals surface area contributed by atoms with Crippen LogP contribution < -0.4 is 4.74 Å². The van der Waals surface area contributed by atoms with Crippen LogP contribution >= 0.6 is 0 Å². The van der Waals surface area contributed by atoms with E-state index in [0.717, 1.165) is 0 Å². The van der Waals surface area contributed by atoms with E-state index in [0.29, 0.717) is 6.07 Å². The number of carbonyl (C=O) groups is 1. The Hall–Kier alpha value is -2.59. The molecule has 11 heteroatoms. The van der Waals surface area contributed by atoms with E-state index in [4.69, 9.17) is 0 Å². The quantitative estimate of drug-likeness (QED) is 0.512. The van der Waals surface area contributed by atoms with E-state index < -0.39 is 40.3 Å². The fourth-order valence-electron chi connectivity index (χ4n) is 1.15. The number of ether oxygens (including phenoxy) is 2. The molecule has 0 aliphatic carbocycles. The average molecular weight is 296 g/mol. The van der Waals surface area contributed by atoms with E-state index in [2.05, 4.69) is 14.5 Å². The smallest absolute Gasteiger partial charge is 0.501 e. The lowest BCUT2D eigenvalue weighted by atomic mass is 10.2. The van der Waals surface area contributed by atoms with Gasteiger partial charge in [0, 0.05) is 11.1 Å². The summed E-state index contributed by atoms with van der Waals surface area (Å²) in [5.41, 5.74) is -0.882. The minimum atomic E-state index is -5.22. The van der Waals surface area contributed by atoms with Gasteiger partial charge in [0.25, 0.3) is 0 Å². The Kier molecular flexibility index (Phi) is 4.32. The summed E-state index contributed by atoms with van der Waals surface area (Å²) in [6.07, 6.45) is -5.22. The van der Waals surface area contributed by atoms with Gasteiger partial charge >= 0.3 is 24.0 Å². The molecule has 0 bridgehead atoms. The lowest BCUT2D eigenvalue weighted by molar-refractivity contribution is -0.391. The summed E-state index contributed by atoms with van der Waals surface area (Å²) < 4.78 is 44.3. The minimum Gasteiger partial charge on any atom is -0.501 e. The summed E-state index contributed by atoms with van der Waals surface area (Å²) in [7, 11) is 0. The van der Waals surface area contributed by atoms with Gasteiger partial charge in [0.1, 0.15) is 0 Å². The summed E-state index contributed by atoms with van der Waals surface area (Å²) >= 11 is 0. The van der Waals surface area contributed by atoms with Crippen LogP contribution in [0.3, 0.4) is 0 Å². The fourth-order valence-corrected chi connectivity index (χ4v) is 1.15. The van der Waals surface area contributed by atoms with E-state index in [9.17, 15) is 33.2 Å². The van der Waals surface area contributed by atoms with Gasteiger partial charge in [0.05, 0.1) is 6.61 Å². The molecule has 1 aromatic rings. The van der Waals surface area contributed by atoms with Crippen molar-refractivity contribution in [2.45, 2.75) is 13.3 Å². The Labute approximate surface area is 108 Å². The number of nitrogens with zero attached hydrogens (tertiary/aromatic N) is 2. The van der Waals surface area contributed by atoms with Crippen molar-refractivity contribution in [2.24, 2.45) is 0 Å². The number of hydrogen-bond acceptors (Lipinski definition) is 7. The van der Waals surface area contributed by atoms with Gasteiger partial charge in [-0.25, -0.2) is 4.79 Å². The van der Waals surface area contributed by atoms with Crippen LogP contribution in [0, 0.1) is 10.1 Å². The van der Waals surface area contributed by atoms with Crippen molar-refractivity contribution in [3.63, 3.8) is 0 Å². The van der Waals surface area contributed by atoms with Crippen molar-refractivity contribution in [1.29, 1.82) is 0 Å². The molecule has 0 spiro atoms. The number of pyridine rings is 1. The molecule has 1 rings (SSSR count). The highest BCUT2D eigenvalue weighted by atomic mass is 19.4. The molecule has 1 N–H and O–H groups in total. The lowest BCUT2D eigenvalue weighted by Gasteiger charge is -2.09. The molecule has 0 fully saturated rings. The molecule has 0 amide bonds. The molecule has 0 saturated heterocycles. The van der Waals surface area contributed by atoms with Gasteiger partial charge in [0.15, 0.2) is 5.56 Å². The number of rotatable bonds is 4. The number of halogens is 3. The van der Waals surface area contributed by atoms with Crippen LogP contribution in [0.5, 0.6) is 11.6 Å². The second kappa shape index (κ2) is 5.59. The van der Waals surface area contributed by atoms with Gasteiger partial charge in [-0.3, -0.25) is 0 Å². The van der Waals surface area contributed by atoms with Gasteiger partial charge < -0.3 is 24.7 Å². The third-order valence-electron chi connectivity index (χ3n) is 1.83. The van der Waals surface area contributed by atoms with Crippen LogP contribution in [0.25, 0.3) is 0 Å². The fraction of sp³-hybridized carbons (Fsp3) is 0.333. The summed E-state index contributed by atoms with van der Waals surface area (Å²) in [6, 6.07) is 0.421. The van der Waals surface area contributed by atoms with E-state index in [1.807, 2.05) is 0 Å². The third kappa shape index (κ3) is 3.70. The van der Waals surface area contributed by atoms with Gasteiger partial charge in [-0.1, -0.05) is 0 Å². The van der Waals surface area contributed by atoms with Crippen LogP contribution in [0.2, 0.25) is 0 Å². The number of esters is 1. The first kappa shape index (κ1) is 15.5. The largest absolute Gasteiger partial charge is 0.575 e. The molecule has 0 unspecified atom stereocenters. The maximum Gasteiger partial charge on any atom is 0.575 e. The highest BCUT2D eigenvalue weighted by molar-refractivity contribution is 5.92. The van der Waals surface area contributed by atoms with Crippen LogP contribution in [0.4, 0.5) is 19.0 Å². The first-order valence-corrected chi connectivity index (χ1v) is 4.97. The maximum absolute atomic E-state index is 12.2. The predicted octanol–water partition coefficient (Wildman–Crippen LogP) is 1.77. The number of aromatic hydroxyl groups is 1. The molecular formula is C9H7F3N2O6. The molecule has 110 valence electrons. The van der Waals surface area contributed by atoms with Crippen LogP contribution in [-0.2, 0) is 4.74 Å². The summed E-state index contributed by atoms with van der Waals surface area (Å²) in [4.78, 5) is 23.5. The second-order valence-electron chi connectivity index (χ2n) is 3.21. The Morgan fingerprint density at radius 3 is 2.60 bits per heavy atom. The number of alkyl halides is 3. The molecule has 20 heavy (non-hydrogen) atoms. The first-order valence-electron chi connectivity index (χ1n) is 4.97. The zero-order chi connectivity index (χ0) is 15.5. The Bertz CT molecular complexity index is 545. The predicted molar refractivity (Wildman–Crippen MR) is 55.2 cm³/mol. The highest BCUT2D eigenvalue weighted by Gasteiger charge is 2.38. The molecule has 0 atom stereocenters. The zero-order valence-corrected chi connectivity index (χ0v) is 9.80. The van der Waals surface area contributed by atoms with Crippen molar-refractivity contribution < 1.29 is 37.5 Å². The van der Waals surface area contributed by atoms with Crippen LogP contribution in [0.15, 0.2) is 6.07 Å². The van der Waals surface area contributed by atoms with Crippen molar-refractivity contribution in [1.82, 2.24) is 4.98 Å². The van der Waals surface area contributed by atoms with Crippen molar-refractivity contribution in [2.75, 3.05) is 6.61 Å². The third-order valence-corrected chi connectivity index (χ3v) is 1.83. The van der Waals surface area contributed by atoms with Gasteiger partial charge in [0.2, 0.25) is 5.75 Å². The average Bonchev–Trinajstić information content (AvgIpc) is 2.29. The number of hydrogen-bond donors (Lipinski definition) is 1. The summed E-state index contributed by atoms with van der Waals surface area (Å²) in [5.74, 6) is -5.02. The molecule has 0 radical (unpaired) electrons. The molecular weight excluding hydrogens is 289 g/mol. The SMILES string of the molecule is CCOC(=O)c1cc(O)c([N+](=O)[O-])nc1OC(F)(F)F. The second-order valence-corrected chi connectivity index (χ2v) is 3.21. The Balaban J connectivity index is 3.37.